The molecule has 152 valence electrons. The molecule has 4 amide bonds. The minimum Gasteiger partial charge on any atom is -0.340 e. The van der Waals surface area contributed by atoms with Crippen LogP contribution in [-0.2, 0) is 16.1 Å². The summed E-state index contributed by atoms with van der Waals surface area (Å²) in [7, 11) is 2.77. The largest absolute Gasteiger partial charge is 0.340 e. The van der Waals surface area contributed by atoms with Crippen molar-refractivity contribution in [3.05, 3.63) is 76.5 Å². The average molecular weight is 401 g/mol. The molecule has 1 aliphatic heterocycles. The third kappa shape index (κ3) is 3.10. The zero-order chi connectivity index (χ0) is 21.6. The van der Waals surface area contributed by atoms with E-state index in [1.54, 1.807) is 6.08 Å². The van der Waals surface area contributed by atoms with Gasteiger partial charge in [-0.25, -0.2) is 4.79 Å². The number of aromatic nitrogens is 1. The summed E-state index contributed by atoms with van der Waals surface area (Å²) in [5, 5.41) is 0.956. The molecule has 0 atom stereocenters. The van der Waals surface area contributed by atoms with E-state index in [0.29, 0.717) is 6.54 Å². The van der Waals surface area contributed by atoms with Gasteiger partial charge < -0.3 is 4.57 Å². The molecule has 1 aliphatic rings. The number of urea groups is 1. The molecule has 2 aromatic carbocycles. The Kier molecular flexibility index (Phi) is 4.78. The molecular formula is C24H23N3O3. The molecule has 3 aromatic rings. The Labute approximate surface area is 175 Å². The summed E-state index contributed by atoms with van der Waals surface area (Å²) < 4.78 is 2.19. The van der Waals surface area contributed by atoms with Crippen LogP contribution in [0.5, 0.6) is 0 Å². The first-order valence-electron chi connectivity index (χ1n) is 9.74. The van der Waals surface area contributed by atoms with E-state index < -0.39 is 17.8 Å². The van der Waals surface area contributed by atoms with Crippen molar-refractivity contribution in [2.75, 3.05) is 14.1 Å². The van der Waals surface area contributed by atoms with Gasteiger partial charge in [0.25, 0.3) is 11.8 Å². The SMILES string of the molecule is Cc1cccc(Cn2c(C)c(C=C3C(=O)N(C)C(=O)N(C)C3=O)c3ccccc32)c1. The fraction of sp³-hybridized carbons (Fsp3) is 0.208. The summed E-state index contributed by atoms with van der Waals surface area (Å²) >= 11 is 0. The number of nitrogens with zero attached hydrogens (tertiary/aromatic N) is 3. The van der Waals surface area contributed by atoms with Gasteiger partial charge in [-0.15, -0.1) is 0 Å². The van der Waals surface area contributed by atoms with Crippen LogP contribution in [0.4, 0.5) is 4.79 Å². The second kappa shape index (κ2) is 7.30. The van der Waals surface area contributed by atoms with E-state index in [1.807, 2.05) is 37.3 Å². The number of carbonyl (C=O) groups excluding carboxylic acids is 3. The van der Waals surface area contributed by atoms with Crippen LogP contribution >= 0.6 is 0 Å². The maximum absolute atomic E-state index is 12.7. The van der Waals surface area contributed by atoms with Crippen molar-refractivity contribution in [3.63, 3.8) is 0 Å². The Bertz CT molecular complexity index is 1210. The Balaban J connectivity index is 1.87. The van der Waals surface area contributed by atoms with Gasteiger partial charge in [-0.05, 0) is 31.6 Å². The predicted molar refractivity (Wildman–Crippen MR) is 116 cm³/mol. The van der Waals surface area contributed by atoms with Crippen molar-refractivity contribution >= 4 is 34.8 Å². The first-order chi connectivity index (χ1) is 14.3. The normalized spacial score (nSPS) is 14.8. The first kappa shape index (κ1) is 19.6. The minimum absolute atomic E-state index is 0.0128. The van der Waals surface area contributed by atoms with Crippen LogP contribution in [0.25, 0.3) is 17.0 Å². The van der Waals surface area contributed by atoms with Crippen LogP contribution in [0.3, 0.4) is 0 Å². The van der Waals surface area contributed by atoms with Crippen molar-refractivity contribution in [1.82, 2.24) is 14.4 Å². The lowest BCUT2D eigenvalue weighted by Crippen LogP contribution is -2.52. The van der Waals surface area contributed by atoms with Crippen molar-refractivity contribution in [2.45, 2.75) is 20.4 Å². The summed E-state index contributed by atoms with van der Waals surface area (Å²) in [5.74, 6) is -1.17. The Morgan fingerprint density at radius 1 is 0.867 bits per heavy atom. The van der Waals surface area contributed by atoms with Crippen LogP contribution in [-0.4, -0.2) is 46.3 Å². The molecule has 0 saturated carbocycles. The Morgan fingerprint density at radius 2 is 1.53 bits per heavy atom. The van der Waals surface area contributed by atoms with Crippen LogP contribution in [0, 0.1) is 13.8 Å². The van der Waals surface area contributed by atoms with E-state index >= 15 is 0 Å². The van der Waals surface area contributed by atoms with Crippen LogP contribution in [0.2, 0.25) is 0 Å². The van der Waals surface area contributed by atoms with Crippen LogP contribution in [0.15, 0.2) is 54.1 Å². The number of imide groups is 2. The molecule has 1 aromatic heterocycles. The standard InChI is InChI=1S/C24H23N3O3/c1-15-8-7-9-17(12-15)14-27-16(2)19(18-10-5-6-11-21(18)27)13-20-22(28)25(3)24(30)26(4)23(20)29/h5-13H,14H2,1-4H3. The maximum Gasteiger partial charge on any atom is 0.333 e. The Morgan fingerprint density at radius 3 is 2.20 bits per heavy atom. The number of hydrogen-bond donors (Lipinski definition) is 0. The Hall–Kier alpha value is -3.67. The smallest absolute Gasteiger partial charge is 0.333 e. The molecule has 0 N–H and O–H groups in total. The number of barbiturate groups is 1. The minimum atomic E-state index is -0.624. The van der Waals surface area contributed by atoms with E-state index in [0.717, 1.165) is 32.0 Å². The van der Waals surface area contributed by atoms with Gasteiger partial charge in [0.1, 0.15) is 5.57 Å². The van der Waals surface area contributed by atoms with E-state index in [-0.39, 0.29) is 5.57 Å². The van der Waals surface area contributed by atoms with Gasteiger partial charge in [-0.1, -0.05) is 48.0 Å². The number of rotatable bonds is 3. The predicted octanol–water partition coefficient (Wildman–Crippen LogP) is 3.74. The number of amides is 4. The molecule has 0 radical (unpaired) electrons. The molecule has 1 fully saturated rings. The highest BCUT2D eigenvalue weighted by molar-refractivity contribution is 6.31. The van der Waals surface area contributed by atoms with Gasteiger partial charge in [0, 0.05) is 42.8 Å². The number of aryl methyl sites for hydroxylation is 1. The fourth-order valence-corrected chi connectivity index (χ4v) is 3.96. The van der Waals surface area contributed by atoms with Crippen LogP contribution < -0.4 is 0 Å². The van der Waals surface area contributed by atoms with E-state index in [1.165, 1.54) is 25.2 Å². The number of carbonyl (C=O) groups is 3. The van der Waals surface area contributed by atoms with Gasteiger partial charge in [0.15, 0.2) is 0 Å². The molecule has 0 bridgehead atoms. The highest BCUT2D eigenvalue weighted by atomic mass is 16.2. The van der Waals surface area contributed by atoms with Crippen molar-refractivity contribution in [1.29, 1.82) is 0 Å². The van der Waals surface area contributed by atoms with Gasteiger partial charge in [0.05, 0.1) is 0 Å². The summed E-state index contributed by atoms with van der Waals surface area (Å²) in [6.45, 7) is 4.73. The molecule has 30 heavy (non-hydrogen) atoms. The average Bonchev–Trinajstić information content (AvgIpc) is 2.99. The molecular weight excluding hydrogens is 378 g/mol. The topological polar surface area (TPSA) is 62.6 Å². The lowest BCUT2D eigenvalue weighted by molar-refractivity contribution is -0.134. The number of hydrogen-bond acceptors (Lipinski definition) is 3. The fourth-order valence-electron chi connectivity index (χ4n) is 3.96. The summed E-state index contributed by atoms with van der Waals surface area (Å²) in [4.78, 5) is 39.3. The lowest BCUT2D eigenvalue weighted by atomic mass is 10.0. The highest BCUT2D eigenvalue weighted by Crippen LogP contribution is 2.30. The second-order valence-corrected chi connectivity index (χ2v) is 7.66. The molecule has 0 aliphatic carbocycles. The third-order valence-corrected chi connectivity index (χ3v) is 5.64. The van der Waals surface area contributed by atoms with E-state index in [4.69, 9.17) is 0 Å². The zero-order valence-electron chi connectivity index (χ0n) is 17.5. The second-order valence-electron chi connectivity index (χ2n) is 7.66. The molecule has 4 rings (SSSR count). The van der Waals surface area contributed by atoms with Gasteiger partial charge in [0.2, 0.25) is 0 Å². The van der Waals surface area contributed by atoms with Gasteiger partial charge in [-0.3, -0.25) is 19.4 Å². The summed E-state index contributed by atoms with van der Waals surface area (Å²) in [5.41, 5.74) is 5.14. The quantitative estimate of drug-likeness (QED) is 0.496. The number of fused-ring (bicyclic) bond motifs is 1. The first-order valence-corrected chi connectivity index (χ1v) is 9.74. The molecule has 2 heterocycles. The summed E-state index contributed by atoms with van der Waals surface area (Å²) in [6, 6.07) is 15.6. The van der Waals surface area contributed by atoms with Crippen molar-refractivity contribution in [3.8, 4) is 0 Å². The van der Waals surface area contributed by atoms with E-state index in [9.17, 15) is 14.4 Å². The maximum atomic E-state index is 12.7. The van der Waals surface area contributed by atoms with Crippen molar-refractivity contribution in [2.24, 2.45) is 0 Å². The molecule has 0 unspecified atom stereocenters. The van der Waals surface area contributed by atoms with Gasteiger partial charge >= 0.3 is 6.03 Å². The number of likely N-dealkylation sites (N-methyl/N-ethyl adjacent to an activating group) is 2. The molecule has 1 saturated heterocycles. The summed E-state index contributed by atoms with van der Waals surface area (Å²) in [6.07, 6.45) is 1.62. The zero-order valence-corrected chi connectivity index (χ0v) is 17.5. The lowest BCUT2D eigenvalue weighted by Gasteiger charge is -2.28. The monoisotopic (exact) mass is 401 g/mol. The van der Waals surface area contributed by atoms with Crippen molar-refractivity contribution < 1.29 is 14.4 Å². The van der Waals surface area contributed by atoms with Crippen LogP contribution in [0.1, 0.15) is 22.4 Å². The molecule has 6 heteroatoms. The highest BCUT2D eigenvalue weighted by Gasteiger charge is 2.38. The molecule has 6 nitrogen and oxygen atoms in total. The number of benzene rings is 2. The number of para-hydroxylation sites is 1. The third-order valence-electron chi connectivity index (χ3n) is 5.64. The van der Waals surface area contributed by atoms with Gasteiger partial charge in [-0.2, -0.15) is 0 Å². The van der Waals surface area contributed by atoms with E-state index in [2.05, 4.69) is 29.7 Å². The molecule has 0 spiro atoms.